The summed E-state index contributed by atoms with van der Waals surface area (Å²) >= 11 is 11.5. The van der Waals surface area contributed by atoms with E-state index in [1.54, 1.807) is 41.2 Å². The molecule has 0 nitrogen and oxygen atoms in total. The summed E-state index contributed by atoms with van der Waals surface area (Å²) in [6, 6.07) is 0. The van der Waals surface area contributed by atoms with Crippen LogP contribution >= 0.6 is 64.4 Å². The minimum absolute atomic E-state index is 0.264. The van der Waals surface area contributed by atoms with Crippen LogP contribution in [0.4, 0.5) is 0 Å². The maximum Gasteiger partial charge on any atom is 0.0406 e. The smallest absolute Gasteiger partial charge is 0.0406 e. The first-order valence-electron chi connectivity index (χ1n) is 3.48. The zero-order chi connectivity index (χ0) is 9.40. The van der Waals surface area contributed by atoms with Crippen LogP contribution in [0.5, 0.6) is 0 Å². The Balaban J connectivity index is 2.91. The van der Waals surface area contributed by atoms with Gasteiger partial charge in [0.05, 0.1) is 0 Å². The molecule has 0 fully saturated rings. The zero-order valence-corrected chi connectivity index (χ0v) is 11.7. The van der Waals surface area contributed by atoms with Crippen LogP contribution in [0.15, 0.2) is 0 Å². The maximum absolute atomic E-state index is 5.77. The van der Waals surface area contributed by atoms with E-state index in [0.717, 1.165) is 11.5 Å². The number of alkyl halides is 2. The summed E-state index contributed by atoms with van der Waals surface area (Å²) in [5, 5.41) is 0.528. The number of halogens is 2. The van der Waals surface area contributed by atoms with Gasteiger partial charge in [-0.3, -0.25) is 0 Å². The lowest BCUT2D eigenvalue weighted by Gasteiger charge is -2.02. The van der Waals surface area contributed by atoms with Crippen LogP contribution in [0.3, 0.4) is 0 Å². The van der Waals surface area contributed by atoms with Gasteiger partial charge in [0.15, 0.2) is 0 Å². The fourth-order valence-electron chi connectivity index (χ4n) is 0.282. The minimum Gasteiger partial charge on any atom is -0.122 e. The summed E-state index contributed by atoms with van der Waals surface area (Å²) in [5.74, 6) is 1.99. The SMILES string of the molecule is CC(Cl)CSSSSCC(C)Cl. The van der Waals surface area contributed by atoms with Crippen molar-refractivity contribution in [3.63, 3.8) is 0 Å². The van der Waals surface area contributed by atoms with Gasteiger partial charge in [0.1, 0.15) is 0 Å². The van der Waals surface area contributed by atoms with Gasteiger partial charge >= 0.3 is 0 Å². The van der Waals surface area contributed by atoms with E-state index in [9.17, 15) is 0 Å². The lowest BCUT2D eigenvalue weighted by molar-refractivity contribution is 1.12. The first-order chi connectivity index (χ1) is 5.63. The molecular weight excluding hydrogens is 271 g/mol. The molecule has 0 amide bonds. The van der Waals surface area contributed by atoms with Crippen molar-refractivity contribution in [2.45, 2.75) is 24.6 Å². The Bertz CT molecular complexity index is 87.5. The highest BCUT2D eigenvalue weighted by molar-refractivity contribution is 9.26. The monoisotopic (exact) mass is 282 g/mol. The first-order valence-corrected chi connectivity index (χ1v) is 9.51. The summed E-state index contributed by atoms with van der Waals surface area (Å²) < 4.78 is 0. The molecular formula is C6H12Cl2S4. The van der Waals surface area contributed by atoms with E-state index in [-0.39, 0.29) is 10.8 Å². The molecule has 0 saturated heterocycles. The number of rotatable bonds is 7. The Kier molecular flexibility index (Phi) is 11.1. The predicted molar refractivity (Wildman–Crippen MR) is 70.7 cm³/mol. The van der Waals surface area contributed by atoms with E-state index in [1.807, 2.05) is 13.8 Å². The quantitative estimate of drug-likeness (QED) is 0.369. The van der Waals surface area contributed by atoms with Gasteiger partial charge in [0, 0.05) is 22.3 Å². The molecule has 0 heterocycles. The molecule has 0 aromatic heterocycles. The lowest BCUT2D eigenvalue weighted by atomic mass is 10.6. The predicted octanol–water partition coefficient (Wildman–Crippen LogP) is 4.92. The summed E-state index contributed by atoms with van der Waals surface area (Å²) in [5.41, 5.74) is 0. The highest BCUT2D eigenvalue weighted by Gasteiger charge is 1.99. The van der Waals surface area contributed by atoms with Crippen molar-refractivity contribution in [2.24, 2.45) is 0 Å². The summed E-state index contributed by atoms with van der Waals surface area (Å²) in [6.45, 7) is 4.02. The molecule has 0 aliphatic heterocycles. The van der Waals surface area contributed by atoms with Crippen molar-refractivity contribution >= 4 is 64.4 Å². The van der Waals surface area contributed by atoms with Crippen molar-refractivity contribution in [1.29, 1.82) is 0 Å². The van der Waals surface area contributed by atoms with Crippen molar-refractivity contribution in [2.75, 3.05) is 11.5 Å². The Morgan fingerprint density at radius 3 is 1.50 bits per heavy atom. The molecule has 74 valence electrons. The van der Waals surface area contributed by atoms with Crippen LogP contribution in [-0.2, 0) is 0 Å². The summed E-state index contributed by atoms with van der Waals surface area (Å²) in [7, 11) is 7.15. The third-order valence-electron chi connectivity index (χ3n) is 0.719. The van der Waals surface area contributed by atoms with E-state index in [2.05, 4.69) is 0 Å². The summed E-state index contributed by atoms with van der Waals surface area (Å²) in [4.78, 5) is 0. The van der Waals surface area contributed by atoms with Gasteiger partial charge in [-0.05, 0) is 33.5 Å². The Hall–Kier alpha value is 1.98. The standard InChI is InChI=1S/C6H12Cl2S4/c1-5(7)3-9-11-12-10-4-6(2)8/h5-6H,3-4H2,1-2H3. The van der Waals surface area contributed by atoms with Crippen molar-refractivity contribution in [3.8, 4) is 0 Å². The van der Waals surface area contributed by atoms with Crippen LogP contribution in [-0.4, -0.2) is 22.3 Å². The van der Waals surface area contributed by atoms with Crippen LogP contribution in [0.25, 0.3) is 0 Å². The number of hydrogen-bond donors (Lipinski definition) is 0. The largest absolute Gasteiger partial charge is 0.122 e. The van der Waals surface area contributed by atoms with Gasteiger partial charge in [-0.1, -0.05) is 21.6 Å². The molecule has 0 N–H and O–H groups in total. The third-order valence-corrected chi connectivity index (χ3v) is 8.21. The van der Waals surface area contributed by atoms with E-state index in [0.29, 0.717) is 0 Å². The Labute approximate surface area is 99.9 Å². The molecule has 2 atom stereocenters. The van der Waals surface area contributed by atoms with Crippen molar-refractivity contribution in [1.82, 2.24) is 0 Å². The third kappa shape index (κ3) is 12.0. The average molecular weight is 283 g/mol. The number of hydrogen-bond acceptors (Lipinski definition) is 4. The minimum atomic E-state index is 0.264. The molecule has 0 aromatic carbocycles. The second kappa shape index (κ2) is 9.53. The molecule has 0 radical (unpaired) electrons. The molecule has 0 saturated carbocycles. The van der Waals surface area contributed by atoms with E-state index >= 15 is 0 Å². The molecule has 0 spiro atoms. The second-order valence-electron chi connectivity index (χ2n) is 2.27. The van der Waals surface area contributed by atoms with E-state index in [1.165, 1.54) is 0 Å². The second-order valence-corrected chi connectivity index (χ2v) is 9.85. The van der Waals surface area contributed by atoms with E-state index in [4.69, 9.17) is 23.2 Å². The molecule has 2 unspecified atom stereocenters. The van der Waals surface area contributed by atoms with Crippen LogP contribution in [0.2, 0.25) is 0 Å². The molecule has 0 rings (SSSR count). The highest BCUT2D eigenvalue weighted by Crippen LogP contribution is 2.43. The van der Waals surface area contributed by atoms with Crippen LogP contribution in [0.1, 0.15) is 13.8 Å². The molecule has 0 aromatic rings. The van der Waals surface area contributed by atoms with Gasteiger partial charge in [-0.15, -0.1) is 23.2 Å². The van der Waals surface area contributed by atoms with Gasteiger partial charge in [0.2, 0.25) is 0 Å². The maximum atomic E-state index is 5.77. The summed E-state index contributed by atoms with van der Waals surface area (Å²) in [6.07, 6.45) is 0. The fourth-order valence-corrected chi connectivity index (χ4v) is 7.30. The molecule has 0 aliphatic carbocycles. The molecule has 0 aliphatic rings. The van der Waals surface area contributed by atoms with Crippen LogP contribution in [0, 0.1) is 0 Å². The van der Waals surface area contributed by atoms with Gasteiger partial charge in [-0.25, -0.2) is 0 Å². The Morgan fingerprint density at radius 2 is 1.25 bits per heavy atom. The Morgan fingerprint density at radius 1 is 0.917 bits per heavy atom. The van der Waals surface area contributed by atoms with Crippen molar-refractivity contribution in [3.05, 3.63) is 0 Å². The normalized spacial score (nSPS) is 16.0. The van der Waals surface area contributed by atoms with Gasteiger partial charge < -0.3 is 0 Å². The highest BCUT2D eigenvalue weighted by atomic mass is 35.5. The zero-order valence-electron chi connectivity index (χ0n) is 6.96. The van der Waals surface area contributed by atoms with E-state index < -0.39 is 0 Å². The topological polar surface area (TPSA) is 0 Å². The molecule has 6 heteroatoms. The van der Waals surface area contributed by atoms with Crippen LogP contribution < -0.4 is 0 Å². The van der Waals surface area contributed by atoms with Gasteiger partial charge in [-0.2, -0.15) is 0 Å². The lowest BCUT2D eigenvalue weighted by Crippen LogP contribution is -1.91. The van der Waals surface area contributed by atoms with Gasteiger partial charge in [0.25, 0.3) is 0 Å². The first kappa shape index (κ1) is 14.0. The molecule has 12 heavy (non-hydrogen) atoms. The fraction of sp³-hybridized carbons (Fsp3) is 1.00. The molecule has 0 bridgehead atoms. The van der Waals surface area contributed by atoms with Crippen molar-refractivity contribution < 1.29 is 0 Å². The average Bonchev–Trinajstić information content (AvgIpc) is 1.95.